The van der Waals surface area contributed by atoms with Crippen molar-refractivity contribution in [2.75, 3.05) is 0 Å². The predicted octanol–water partition coefficient (Wildman–Crippen LogP) is 0.791. The van der Waals surface area contributed by atoms with E-state index in [9.17, 15) is 17.2 Å². The molecule has 1 unspecified atom stereocenters. The maximum atomic E-state index is 11.1. The van der Waals surface area contributed by atoms with Crippen molar-refractivity contribution >= 4 is 44.1 Å². The zero-order valence-corrected chi connectivity index (χ0v) is 10.3. The Bertz CT molecular complexity index is 438. The molecule has 0 aromatic heterocycles. The van der Waals surface area contributed by atoms with Crippen LogP contribution >= 0.6 is 22.6 Å². The first kappa shape index (κ1) is 12.0. The Morgan fingerprint density at radius 2 is 1.79 bits per heavy atom. The van der Waals surface area contributed by atoms with Crippen molar-refractivity contribution in [2.24, 2.45) is 0 Å². The smallest absolute Gasteiger partial charge is 0.308 e. The fourth-order valence-electron chi connectivity index (χ4n) is 0.714. The van der Waals surface area contributed by atoms with Crippen LogP contribution in [0.5, 0.6) is 0 Å². The molecule has 14 heavy (non-hydrogen) atoms. The lowest BCUT2D eigenvalue weighted by Crippen LogP contribution is -2.08. The van der Waals surface area contributed by atoms with Crippen LogP contribution in [0.2, 0.25) is 0 Å². The second kappa shape index (κ2) is 4.66. The van der Waals surface area contributed by atoms with Crippen LogP contribution < -0.4 is 0 Å². The summed E-state index contributed by atoms with van der Waals surface area (Å²) in [5, 5.41) is 0. The predicted molar refractivity (Wildman–Crippen MR) is 56.3 cm³/mol. The van der Waals surface area contributed by atoms with E-state index in [1.54, 1.807) is 0 Å². The molecule has 5 nitrogen and oxygen atoms in total. The van der Waals surface area contributed by atoms with E-state index in [-0.39, 0.29) is 4.90 Å². The number of benzene rings is 1. The van der Waals surface area contributed by atoms with Crippen LogP contribution in [0, 0.1) is 3.57 Å². The third-order valence-electron chi connectivity index (χ3n) is 1.25. The summed E-state index contributed by atoms with van der Waals surface area (Å²) in [7, 11) is -4.19. The maximum absolute atomic E-state index is 11.1. The quantitative estimate of drug-likeness (QED) is 0.596. The van der Waals surface area contributed by atoms with Crippen molar-refractivity contribution in [3.05, 3.63) is 27.8 Å². The molecule has 1 aromatic carbocycles. The number of hydrogen-bond donors (Lipinski definition) is 0. The van der Waals surface area contributed by atoms with Crippen LogP contribution in [-0.2, 0) is 25.1 Å². The maximum Gasteiger partial charge on any atom is 0.308 e. The molecule has 0 saturated carbocycles. The molecule has 0 saturated heterocycles. The Labute approximate surface area is 97.2 Å². The summed E-state index contributed by atoms with van der Waals surface area (Å²) in [5.41, 5.74) is 0. The van der Waals surface area contributed by atoms with Crippen LogP contribution in [0.4, 0.5) is 0 Å². The molecular formula is C6H4IO5S2-. The molecule has 0 spiro atoms. The van der Waals surface area contributed by atoms with E-state index in [4.69, 9.17) is 0 Å². The highest BCUT2D eigenvalue weighted by atomic mass is 127. The van der Waals surface area contributed by atoms with Crippen LogP contribution in [0.25, 0.3) is 0 Å². The lowest BCUT2D eigenvalue weighted by atomic mass is 10.4. The third-order valence-corrected chi connectivity index (χ3v) is 3.98. The largest absolute Gasteiger partial charge is 0.749 e. The van der Waals surface area contributed by atoms with E-state index in [0.29, 0.717) is 0 Å². The monoisotopic (exact) mass is 347 g/mol. The van der Waals surface area contributed by atoms with Gasteiger partial charge in [0.1, 0.15) is 11.4 Å². The first-order valence-corrected chi connectivity index (χ1v) is 6.70. The molecular weight excluding hydrogens is 343 g/mol. The van der Waals surface area contributed by atoms with Gasteiger partial charge in [0.2, 0.25) is 0 Å². The first-order valence-electron chi connectivity index (χ1n) is 3.21. The summed E-state index contributed by atoms with van der Waals surface area (Å²) < 4.78 is 47.0. The SMILES string of the molecule is O=S([O-])OS(=O)(=O)c1ccc(I)cc1. The molecule has 0 amide bonds. The topological polar surface area (TPSA) is 83.5 Å². The normalized spacial score (nSPS) is 13.9. The Hall–Kier alpha value is -0.0300. The fourth-order valence-corrected chi connectivity index (χ4v) is 2.44. The van der Waals surface area contributed by atoms with Gasteiger partial charge in [-0.15, -0.1) is 0 Å². The zero-order valence-electron chi connectivity index (χ0n) is 6.55. The Balaban J connectivity index is 3.05. The molecule has 1 aromatic rings. The highest BCUT2D eigenvalue weighted by Crippen LogP contribution is 2.14. The second-order valence-corrected chi connectivity index (χ2v) is 5.76. The minimum Gasteiger partial charge on any atom is -0.749 e. The Morgan fingerprint density at radius 3 is 2.21 bits per heavy atom. The van der Waals surface area contributed by atoms with Crippen LogP contribution in [-0.4, -0.2) is 17.2 Å². The van der Waals surface area contributed by atoms with Crippen LogP contribution in [0.1, 0.15) is 0 Å². The molecule has 1 rings (SSSR count). The van der Waals surface area contributed by atoms with Gasteiger partial charge in [-0.05, 0) is 46.9 Å². The first-order chi connectivity index (χ1) is 6.42. The van der Waals surface area contributed by atoms with E-state index in [2.05, 4.69) is 3.63 Å². The van der Waals surface area contributed by atoms with Gasteiger partial charge in [-0.2, -0.15) is 12.0 Å². The molecule has 0 aliphatic rings. The van der Waals surface area contributed by atoms with Gasteiger partial charge in [0, 0.05) is 3.57 Å². The average molecular weight is 347 g/mol. The minimum absolute atomic E-state index is 0.192. The van der Waals surface area contributed by atoms with Gasteiger partial charge in [0.25, 0.3) is 0 Å². The lowest BCUT2D eigenvalue weighted by Gasteiger charge is -2.06. The Kier molecular flexibility index (Phi) is 4.01. The molecule has 0 aliphatic carbocycles. The minimum atomic E-state index is -4.19. The molecule has 0 aliphatic heterocycles. The molecule has 0 fully saturated rings. The van der Waals surface area contributed by atoms with Crippen molar-refractivity contribution < 1.29 is 20.8 Å². The van der Waals surface area contributed by atoms with Crippen molar-refractivity contribution in [3.8, 4) is 0 Å². The van der Waals surface area contributed by atoms with E-state index in [1.807, 2.05) is 22.6 Å². The van der Waals surface area contributed by atoms with Crippen molar-refractivity contribution in [2.45, 2.75) is 4.90 Å². The molecule has 8 heteroatoms. The number of halogens is 1. The van der Waals surface area contributed by atoms with E-state index in [0.717, 1.165) is 3.57 Å². The number of hydrogen-bond acceptors (Lipinski definition) is 5. The summed E-state index contributed by atoms with van der Waals surface area (Å²) in [4.78, 5) is -0.192. The summed E-state index contributed by atoms with van der Waals surface area (Å²) in [6.07, 6.45) is 0. The molecule has 0 radical (unpaired) electrons. The lowest BCUT2D eigenvalue weighted by molar-refractivity contribution is 0.429. The second-order valence-electron chi connectivity index (χ2n) is 2.18. The highest BCUT2D eigenvalue weighted by molar-refractivity contribution is 14.1. The van der Waals surface area contributed by atoms with Crippen LogP contribution in [0.3, 0.4) is 0 Å². The fraction of sp³-hybridized carbons (Fsp3) is 0. The van der Waals surface area contributed by atoms with Crippen molar-refractivity contribution in [1.29, 1.82) is 0 Å². The van der Waals surface area contributed by atoms with E-state index >= 15 is 0 Å². The molecule has 0 heterocycles. The Morgan fingerprint density at radius 1 is 1.29 bits per heavy atom. The summed E-state index contributed by atoms with van der Waals surface area (Å²) >= 11 is -1.09. The van der Waals surface area contributed by atoms with Gasteiger partial charge < -0.3 is 4.55 Å². The number of rotatable bonds is 3. The molecule has 1 atom stereocenters. The molecule has 0 bridgehead atoms. The standard InChI is InChI=1S/C6H5IO5S2/c7-5-1-3-6(4-2-5)14(10,11)12-13(8)9/h1-4H,(H,8,9)/p-1. The van der Waals surface area contributed by atoms with Gasteiger partial charge in [0.15, 0.2) is 0 Å². The van der Waals surface area contributed by atoms with Gasteiger partial charge in [0.05, 0.1) is 4.90 Å². The average Bonchev–Trinajstić information content (AvgIpc) is 2.02. The van der Waals surface area contributed by atoms with Crippen molar-refractivity contribution in [1.82, 2.24) is 0 Å². The summed E-state index contributed by atoms with van der Waals surface area (Å²) in [5.74, 6) is 0. The van der Waals surface area contributed by atoms with Crippen molar-refractivity contribution in [3.63, 3.8) is 0 Å². The van der Waals surface area contributed by atoms with Crippen LogP contribution in [0.15, 0.2) is 29.2 Å². The van der Waals surface area contributed by atoms with Gasteiger partial charge in [-0.1, -0.05) is 0 Å². The van der Waals surface area contributed by atoms with Gasteiger partial charge in [-0.3, -0.25) is 0 Å². The highest BCUT2D eigenvalue weighted by Gasteiger charge is 2.15. The van der Waals surface area contributed by atoms with E-state index in [1.165, 1.54) is 24.3 Å². The zero-order chi connectivity index (χ0) is 10.8. The summed E-state index contributed by atoms with van der Waals surface area (Å²) in [6, 6.07) is 5.60. The molecule has 0 N–H and O–H groups in total. The van der Waals surface area contributed by atoms with Gasteiger partial charge >= 0.3 is 10.1 Å². The molecule has 78 valence electrons. The van der Waals surface area contributed by atoms with E-state index < -0.39 is 21.5 Å². The third kappa shape index (κ3) is 3.28. The van der Waals surface area contributed by atoms with Gasteiger partial charge in [-0.25, -0.2) is 4.21 Å². The summed E-state index contributed by atoms with van der Waals surface area (Å²) in [6.45, 7) is 0.